The number of carbonyl (C=O) groups excluding carboxylic acids is 1. The summed E-state index contributed by atoms with van der Waals surface area (Å²) in [6.07, 6.45) is 9.66. The van der Waals surface area contributed by atoms with Crippen molar-refractivity contribution in [2.75, 3.05) is 0 Å². The van der Waals surface area contributed by atoms with Gasteiger partial charge in [-0.25, -0.2) is 0 Å². The number of aliphatic hydroxyl groups excluding tert-OH is 2. The molecule has 0 aromatic rings. The number of rotatable bonds is 4. The standard InChI is InChI=1S/C26H44O3/c1-15(14-27)12-16(2)19-6-7-20-23-21(9-11-25(19,20)4)26(5)10-8-18(28)13-22(26)17(3)24(23)29/h14-24,28-29H,6-13H2,1-5H3/t15-,16-,17-,18-,19-,20?,21?,22?,23?,24-,25-,26-/m1/s1. The number of fused-ring (bicyclic) bond motifs is 5. The minimum atomic E-state index is -0.226. The second-order valence-corrected chi connectivity index (χ2v) is 12.2. The fraction of sp³-hybridized carbons (Fsp3) is 0.962. The van der Waals surface area contributed by atoms with E-state index in [0.29, 0.717) is 40.9 Å². The van der Waals surface area contributed by atoms with Crippen LogP contribution in [-0.4, -0.2) is 28.7 Å². The molecule has 0 amide bonds. The maximum Gasteiger partial charge on any atom is 0.122 e. The topological polar surface area (TPSA) is 57.5 Å². The van der Waals surface area contributed by atoms with E-state index in [-0.39, 0.29) is 29.5 Å². The monoisotopic (exact) mass is 404 g/mol. The van der Waals surface area contributed by atoms with Gasteiger partial charge in [0.25, 0.3) is 0 Å². The molecule has 4 fully saturated rings. The average molecular weight is 405 g/mol. The quantitative estimate of drug-likeness (QED) is 0.642. The molecule has 0 aromatic heterocycles. The molecule has 0 aliphatic heterocycles. The summed E-state index contributed by atoms with van der Waals surface area (Å²) in [6.45, 7) is 11.7. The van der Waals surface area contributed by atoms with Gasteiger partial charge in [-0.05, 0) is 104 Å². The highest BCUT2D eigenvalue weighted by Crippen LogP contribution is 2.69. The molecular formula is C26H44O3. The Labute approximate surface area is 178 Å². The molecule has 12 atom stereocenters. The number of aliphatic hydroxyl groups is 2. The second-order valence-electron chi connectivity index (χ2n) is 12.2. The fourth-order valence-corrected chi connectivity index (χ4v) is 9.43. The first-order chi connectivity index (χ1) is 13.6. The Kier molecular flexibility index (Phi) is 5.73. The van der Waals surface area contributed by atoms with Crippen molar-refractivity contribution in [2.24, 2.45) is 58.2 Å². The van der Waals surface area contributed by atoms with E-state index in [1.165, 1.54) is 25.7 Å². The maximum atomic E-state index is 11.6. The molecule has 4 aliphatic carbocycles. The SMILES string of the molecule is C[C@H](C[C@@H](C)C=O)[C@H]1CCC2C3C(CC[C@@]21C)[C@@]1(C)CC[C@@H](O)CC1[C@@H](C)[C@H]3O. The summed E-state index contributed by atoms with van der Waals surface area (Å²) in [5, 5.41) is 21.9. The van der Waals surface area contributed by atoms with Crippen LogP contribution in [0.25, 0.3) is 0 Å². The van der Waals surface area contributed by atoms with E-state index in [9.17, 15) is 15.0 Å². The molecule has 2 N–H and O–H groups in total. The van der Waals surface area contributed by atoms with Crippen LogP contribution in [0.2, 0.25) is 0 Å². The van der Waals surface area contributed by atoms with Gasteiger partial charge in [0.15, 0.2) is 0 Å². The molecule has 0 spiro atoms. The first-order valence-electron chi connectivity index (χ1n) is 12.4. The van der Waals surface area contributed by atoms with Crippen molar-refractivity contribution in [2.45, 2.75) is 98.2 Å². The van der Waals surface area contributed by atoms with Gasteiger partial charge in [-0.2, -0.15) is 0 Å². The predicted molar refractivity (Wildman–Crippen MR) is 116 cm³/mol. The summed E-state index contributed by atoms with van der Waals surface area (Å²) < 4.78 is 0. The largest absolute Gasteiger partial charge is 0.393 e. The lowest BCUT2D eigenvalue weighted by molar-refractivity contribution is -0.199. The molecule has 3 heteroatoms. The van der Waals surface area contributed by atoms with E-state index < -0.39 is 0 Å². The van der Waals surface area contributed by atoms with Gasteiger partial charge in [0.2, 0.25) is 0 Å². The Balaban J connectivity index is 1.61. The third kappa shape index (κ3) is 3.25. The highest BCUT2D eigenvalue weighted by Gasteiger charge is 2.64. The van der Waals surface area contributed by atoms with Crippen molar-refractivity contribution in [3.63, 3.8) is 0 Å². The third-order valence-electron chi connectivity index (χ3n) is 10.9. The van der Waals surface area contributed by atoms with Crippen LogP contribution in [0.15, 0.2) is 0 Å². The first-order valence-corrected chi connectivity index (χ1v) is 12.4. The summed E-state index contributed by atoms with van der Waals surface area (Å²) in [5.41, 5.74) is 0.584. The number of carbonyl (C=O) groups is 1. The molecule has 3 nitrogen and oxygen atoms in total. The van der Waals surface area contributed by atoms with Crippen LogP contribution in [0.4, 0.5) is 0 Å². The van der Waals surface area contributed by atoms with Gasteiger partial charge >= 0.3 is 0 Å². The Morgan fingerprint density at radius 2 is 1.62 bits per heavy atom. The van der Waals surface area contributed by atoms with Crippen LogP contribution in [0, 0.1) is 58.2 Å². The Morgan fingerprint density at radius 3 is 2.31 bits per heavy atom. The van der Waals surface area contributed by atoms with Gasteiger partial charge in [0.05, 0.1) is 12.2 Å². The van der Waals surface area contributed by atoms with E-state index >= 15 is 0 Å². The zero-order chi connectivity index (χ0) is 21.1. The van der Waals surface area contributed by atoms with Crippen LogP contribution >= 0.6 is 0 Å². The van der Waals surface area contributed by atoms with E-state index in [1.54, 1.807) is 0 Å². The second kappa shape index (κ2) is 7.62. The lowest BCUT2D eigenvalue weighted by Gasteiger charge is -2.64. The molecule has 4 saturated carbocycles. The normalized spacial score (nSPS) is 54.0. The number of hydrogen-bond acceptors (Lipinski definition) is 3. The van der Waals surface area contributed by atoms with Crippen LogP contribution in [-0.2, 0) is 4.79 Å². The zero-order valence-electron chi connectivity index (χ0n) is 19.3. The van der Waals surface area contributed by atoms with Crippen molar-refractivity contribution in [1.82, 2.24) is 0 Å². The Hall–Kier alpha value is -0.410. The molecule has 4 rings (SSSR count). The molecule has 4 aliphatic rings. The van der Waals surface area contributed by atoms with Crippen LogP contribution in [0.3, 0.4) is 0 Å². The molecule has 0 heterocycles. The third-order valence-corrected chi connectivity index (χ3v) is 10.9. The minimum absolute atomic E-state index is 0.151. The van der Waals surface area contributed by atoms with Crippen LogP contribution in [0.5, 0.6) is 0 Å². The van der Waals surface area contributed by atoms with Gasteiger partial charge in [-0.3, -0.25) is 0 Å². The van der Waals surface area contributed by atoms with E-state index in [2.05, 4.69) is 34.6 Å². The van der Waals surface area contributed by atoms with Crippen molar-refractivity contribution < 1.29 is 15.0 Å². The van der Waals surface area contributed by atoms with E-state index in [0.717, 1.165) is 32.0 Å². The molecular weight excluding hydrogens is 360 g/mol. The molecule has 0 bridgehead atoms. The highest BCUT2D eigenvalue weighted by molar-refractivity contribution is 5.52. The van der Waals surface area contributed by atoms with Crippen molar-refractivity contribution in [3.8, 4) is 0 Å². The average Bonchev–Trinajstić information content (AvgIpc) is 3.04. The van der Waals surface area contributed by atoms with Gasteiger partial charge in [-0.1, -0.05) is 34.6 Å². The van der Waals surface area contributed by atoms with Gasteiger partial charge in [0, 0.05) is 5.92 Å². The number of aldehydes is 1. The summed E-state index contributed by atoms with van der Waals surface area (Å²) in [5.74, 6) is 3.78. The molecule has 0 radical (unpaired) electrons. The van der Waals surface area contributed by atoms with Crippen LogP contribution < -0.4 is 0 Å². The van der Waals surface area contributed by atoms with Crippen LogP contribution in [0.1, 0.15) is 86.0 Å². The molecule has 0 saturated heterocycles. The maximum absolute atomic E-state index is 11.6. The summed E-state index contributed by atoms with van der Waals surface area (Å²) in [7, 11) is 0. The predicted octanol–water partition coefficient (Wildman–Crippen LogP) is 5.08. The van der Waals surface area contributed by atoms with Gasteiger partial charge in [-0.15, -0.1) is 0 Å². The van der Waals surface area contributed by atoms with Gasteiger partial charge in [0.1, 0.15) is 6.29 Å². The van der Waals surface area contributed by atoms with E-state index in [1.807, 2.05) is 0 Å². The lowest BCUT2D eigenvalue weighted by Crippen LogP contribution is -2.61. The number of hydrogen-bond donors (Lipinski definition) is 2. The molecule has 29 heavy (non-hydrogen) atoms. The summed E-state index contributed by atoms with van der Waals surface area (Å²) >= 11 is 0. The van der Waals surface area contributed by atoms with Crippen molar-refractivity contribution in [1.29, 1.82) is 0 Å². The van der Waals surface area contributed by atoms with Crippen molar-refractivity contribution >= 4 is 6.29 Å². The lowest BCUT2D eigenvalue weighted by atomic mass is 9.42. The Morgan fingerprint density at radius 1 is 0.966 bits per heavy atom. The fourth-order valence-electron chi connectivity index (χ4n) is 9.43. The van der Waals surface area contributed by atoms with Crippen molar-refractivity contribution in [3.05, 3.63) is 0 Å². The zero-order valence-corrected chi connectivity index (χ0v) is 19.3. The summed E-state index contributed by atoms with van der Waals surface area (Å²) in [6, 6.07) is 0. The first kappa shape index (κ1) is 21.8. The smallest absolute Gasteiger partial charge is 0.122 e. The minimum Gasteiger partial charge on any atom is -0.393 e. The highest BCUT2D eigenvalue weighted by atomic mass is 16.3. The Bertz CT molecular complexity index is 619. The molecule has 166 valence electrons. The summed E-state index contributed by atoms with van der Waals surface area (Å²) in [4.78, 5) is 11.2. The van der Waals surface area contributed by atoms with Gasteiger partial charge < -0.3 is 15.0 Å². The molecule has 4 unspecified atom stereocenters. The molecule has 0 aromatic carbocycles. The van der Waals surface area contributed by atoms with E-state index in [4.69, 9.17) is 0 Å².